The van der Waals surface area contributed by atoms with Crippen LogP contribution < -0.4 is 11.1 Å². The summed E-state index contributed by atoms with van der Waals surface area (Å²) in [6.07, 6.45) is 0.988. The predicted molar refractivity (Wildman–Crippen MR) is 65.0 cm³/mol. The summed E-state index contributed by atoms with van der Waals surface area (Å²) in [5.74, 6) is 0.524. The SMILES string of the molecule is COCCC(C)(C)CN=C(N)NC(C)C. The van der Waals surface area contributed by atoms with Gasteiger partial charge in [-0.2, -0.15) is 0 Å². The Hall–Kier alpha value is -0.770. The summed E-state index contributed by atoms with van der Waals surface area (Å²) in [6.45, 7) is 9.90. The molecule has 0 saturated carbocycles. The fourth-order valence-corrected chi connectivity index (χ4v) is 1.10. The fourth-order valence-electron chi connectivity index (χ4n) is 1.10. The molecule has 0 bridgehead atoms. The number of aliphatic imine (C=N–C) groups is 1. The highest BCUT2D eigenvalue weighted by atomic mass is 16.5. The van der Waals surface area contributed by atoms with Gasteiger partial charge in [-0.25, -0.2) is 0 Å². The van der Waals surface area contributed by atoms with Crippen molar-refractivity contribution in [3.8, 4) is 0 Å². The molecule has 0 aromatic heterocycles. The van der Waals surface area contributed by atoms with Gasteiger partial charge >= 0.3 is 0 Å². The normalized spacial score (nSPS) is 13.3. The van der Waals surface area contributed by atoms with E-state index in [1.165, 1.54) is 0 Å². The lowest BCUT2D eigenvalue weighted by atomic mass is 9.90. The Kier molecular flexibility index (Phi) is 6.32. The second kappa shape index (κ2) is 6.67. The van der Waals surface area contributed by atoms with Crippen molar-refractivity contribution in [2.45, 2.75) is 40.2 Å². The summed E-state index contributed by atoms with van der Waals surface area (Å²) in [5, 5.41) is 3.07. The van der Waals surface area contributed by atoms with Crippen molar-refractivity contribution < 1.29 is 4.74 Å². The number of methoxy groups -OCH3 is 1. The first-order chi connectivity index (χ1) is 6.87. The van der Waals surface area contributed by atoms with Crippen molar-refractivity contribution in [1.29, 1.82) is 0 Å². The van der Waals surface area contributed by atoms with Crippen LogP contribution in [0.1, 0.15) is 34.1 Å². The first kappa shape index (κ1) is 14.2. The van der Waals surface area contributed by atoms with Gasteiger partial charge in [0.05, 0.1) is 0 Å². The zero-order valence-corrected chi connectivity index (χ0v) is 10.6. The molecule has 0 aliphatic carbocycles. The number of nitrogens with one attached hydrogen (secondary N) is 1. The highest BCUT2D eigenvalue weighted by molar-refractivity contribution is 5.78. The lowest BCUT2D eigenvalue weighted by Gasteiger charge is -2.22. The average molecular weight is 215 g/mol. The molecule has 0 heterocycles. The molecule has 0 fully saturated rings. The van der Waals surface area contributed by atoms with E-state index in [-0.39, 0.29) is 5.41 Å². The molecule has 0 atom stereocenters. The van der Waals surface area contributed by atoms with E-state index < -0.39 is 0 Å². The van der Waals surface area contributed by atoms with Crippen LogP contribution in [-0.2, 0) is 4.74 Å². The molecule has 0 aromatic carbocycles. The monoisotopic (exact) mass is 215 g/mol. The zero-order valence-electron chi connectivity index (χ0n) is 10.6. The van der Waals surface area contributed by atoms with Gasteiger partial charge in [-0.05, 0) is 25.7 Å². The second-order valence-corrected chi connectivity index (χ2v) is 4.91. The van der Waals surface area contributed by atoms with Crippen LogP contribution in [0.4, 0.5) is 0 Å². The maximum absolute atomic E-state index is 5.72. The molecule has 0 aromatic rings. The maximum Gasteiger partial charge on any atom is 0.188 e. The van der Waals surface area contributed by atoms with Gasteiger partial charge in [-0.1, -0.05) is 13.8 Å². The Balaban J connectivity index is 3.99. The molecular weight excluding hydrogens is 190 g/mol. The molecule has 15 heavy (non-hydrogen) atoms. The summed E-state index contributed by atoms with van der Waals surface area (Å²) < 4.78 is 5.05. The number of guanidine groups is 1. The van der Waals surface area contributed by atoms with E-state index in [0.29, 0.717) is 12.0 Å². The molecule has 0 amide bonds. The Labute approximate surface area is 93.3 Å². The van der Waals surface area contributed by atoms with Crippen molar-refractivity contribution in [3.05, 3.63) is 0 Å². The van der Waals surface area contributed by atoms with Crippen molar-refractivity contribution >= 4 is 5.96 Å². The summed E-state index contributed by atoms with van der Waals surface area (Å²) in [7, 11) is 1.72. The molecular formula is C11H25N3O. The molecule has 0 rings (SSSR count). The van der Waals surface area contributed by atoms with Gasteiger partial charge in [0.1, 0.15) is 0 Å². The van der Waals surface area contributed by atoms with Crippen LogP contribution in [0.15, 0.2) is 4.99 Å². The van der Waals surface area contributed by atoms with Crippen molar-refractivity contribution in [2.75, 3.05) is 20.3 Å². The number of hydrogen-bond acceptors (Lipinski definition) is 2. The fraction of sp³-hybridized carbons (Fsp3) is 0.909. The minimum atomic E-state index is 0.138. The highest BCUT2D eigenvalue weighted by Crippen LogP contribution is 2.20. The van der Waals surface area contributed by atoms with E-state index in [9.17, 15) is 0 Å². The van der Waals surface area contributed by atoms with E-state index in [1.54, 1.807) is 7.11 Å². The molecule has 0 spiro atoms. The van der Waals surface area contributed by atoms with Gasteiger partial charge < -0.3 is 15.8 Å². The van der Waals surface area contributed by atoms with Gasteiger partial charge in [0.15, 0.2) is 5.96 Å². The van der Waals surface area contributed by atoms with Gasteiger partial charge in [0, 0.05) is 26.3 Å². The van der Waals surface area contributed by atoms with Crippen LogP contribution >= 0.6 is 0 Å². The maximum atomic E-state index is 5.72. The van der Waals surface area contributed by atoms with Gasteiger partial charge in [-0.3, -0.25) is 4.99 Å². The number of ether oxygens (including phenoxy) is 1. The van der Waals surface area contributed by atoms with Crippen molar-refractivity contribution in [3.63, 3.8) is 0 Å². The van der Waals surface area contributed by atoms with E-state index in [4.69, 9.17) is 10.5 Å². The first-order valence-corrected chi connectivity index (χ1v) is 5.43. The van der Waals surface area contributed by atoms with Crippen molar-refractivity contribution in [1.82, 2.24) is 5.32 Å². The van der Waals surface area contributed by atoms with Crippen LogP contribution in [-0.4, -0.2) is 32.3 Å². The lowest BCUT2D eigenvalue weighted by Crippen LogP contribution is -2.37. The molecule has 0 radical (unpaired) electrons. The first-order valence-electron chi connectivity index (χ1n) is 5.43. The molecule has 90 valence electrons. The smallest absolute Gasteiger partial charge is 0.188 e. The van der Waals surface area contributed by atoms with Crippen LogP contribution in [0, 0.1) is 5.41 Å². The minimum absolute atomic E-state index is 0.138. The van der Waals surface area contributed by atoms with Gasteiger partial charge in [-0.15, -0.1) is 0 Å². The quantitative estimate of drug-likeness (QED) is 0.519. The third-order valence-electron chi connectivity index (χ3n) is 2.10. The third-order valence-corrected chi connectivity index (χ3v) is 2.10. The largest absolute Gasteiger partial charge is 0.385 e. The van der Waals surface area contributed by atoms with E-state index >= 15 is 0 Å². The Morgan fingerprint density at radius 2 is 2.07 bits per heavy atom. The molecule has 4 nitrogen and oxygen atoms in total. The molecule has 0 saturated heterocycles. The minimum Gasteiger partial charge on any atom is -0.385 e. The van der Waals surface area contributed by atoms with E-state index in [1.807, 2.05) is 13.8 Å². The highest BCUT2D eigenvalue weighted by Gasteiger charge is 2.16. The average Bonchev–Trinajstić information content (AvgIpc) is 2.11. The molecule has 0 unspecified atom stereocenters. The molecule has 4 heteroatoms. The Morgan fingerprint density at radius 1 is 1.47 bits per heavy atom. The molecule has 0 aliphatic heterocycles. The number of nitrogens with two attached hydrogens (primary N) is 1. The lowest BCUT2D eigenvalue weighted by molar-refractivity contribution is 0.155. The predicted octanol–water partition coefficient (Wildman–Crippen LogP) is 1.36. The Bertz CT molecular complexity index is 200. The molecule has 0 aliphatic rings. The van der Waals surface area contributed by atoms with Crippen LogP contribution in [0.25, 0.3) is 0 Å². The number of hydrogen-bond donors (Lipinski definition) is 2. The summed E-state index contributed by atoms with van der Waals surface area (Å²) in [5.41, 5.74) is 5.86. The van der Waals surface area contributed by atoms with Crippen molar-refractivity contribution in [2.24, 2.45) is 16.1 Å². The third kappa shape index (κ3) is 8.24. The summed E-state index contributed by atoms with van der Waals surface area (Å²) >= 11 is 0. The standard InChI is InChI=1S/C11H25N3O/c1-9(2)14-10(12)13-8-11(3,4)6-7-15-5/h9H,6-8H2,1-5H3,(H3,12,13,14). The van der Waals surface area contributed by atoms with Crippen LogP contribution in [0.5, 0.6) is 0 Å². The summed E-state index contributed by atoms with van der Waals surface area (Å²) in [4.78, 5) is 4.32. The number of nitrogens with zero attached hydrogens (tertiary/aromatic N) is 1. The topological polar surface area (TPSA) is 59.6 Å². The zero-order chi connectivity index (χ0) is 11.9. The second-order valence-electron chi connectivity index (χ2n) is 4.91. The van der Waals surface area contributed by atoms with Crippen LogP contribution in [0.2, 0.25) is 0 Å². The number of rotatable bonds is 6. The van der Waals surface area contributed by atoms with E-state index in [2.05, 4.69) is 24.2 Å². The van der Waals surface area contributed by atoms with E-state index in [0.717, 1.165) is 19.6 Å². The van der Waals surface area contributed by atoms with Gasteiger partial charge in [0.2, 0.25) is 0 Å². The van der Waals surface area contributed by atoms with Gasteiger partial charge in [0.25, 0.3) is 0 Å². The molecule has 3 N–H and O–H groups in total. The summed E-state index contributed by atoms with van der Waals surface area (Å²) in [6, 6.07) is 0.329. The van der Waals surface area contributed by atoms with Crippen LogP contribution in [0.3, 0.4) is 0 Å². The Morgan fingerprint density at radius 3 is 2.53 bits per heavy atom.